The summed E-state index contributed by atoms with van der Waals surface area (Å²) in [5.41, 5.74) is 1.33. The summed E-state index contributed by atoms with van der Waals surface area (Å²) >= 11 is 0. The summed E-state index contributed by atoms with van der Waals surface area (Å²) < 4.78 is 38.5. The Balaban J connectivity index is 1.79. The number of benzene rings is 2. The summed E-state index contributed by atoms with van der Waals surface area (Å²) in [5.74, 6) is -0.626. The SMILES string of the molecule is CC(=O)N1CCc2ccccc2C1C(=O)NCc1cccc(C(F)(F)F)c1. The average molecular weight is 376 g/mol. The van der Waals surface area contributed by atoms with Gasteiger partial charge in [0.25, 0.3) is 0 Å². The van der Waals surface area contributed by atoms with Crippen LogP contribution in [0.2, 0.25) is 0 Å². The molecule has 142 valence electrons. The normalized spacial score (nSPS) is 16.6. The molecule has 0 spiro atoms. The zero-order chi connectivity index (χ0) is 19.6. The number of nitrogens with zero attached hydrogens (tertiary/aromatic N) is 1. The number of hydrogen-bond acceptors (Lipinski definition) is 2. The van der Waals surface area contributed by atoms with Crippen LogP contribution in [0.1, 0.15) is 35.2 Å². The minimum atomic E-state index is -4.44. The molecule has 3 rings (SSSR count). The molecule has 0 fully saturated rings. The van der Waals surface area contributed by atoms with E-state index >= 15 is 0 Å². The highest BCUT2D eigenvalue weighted by Gasteiger charge is 2.34. The number of rotatable bonds is 3. The van der Waals surface area contributed by atoms with E-state index in [1.165, 1.54) is 24.0 Å². The Bertz CT molecular complexity index is 864. The molecule has 0 bridgehead atoms. The predicted octanol–water partition coefficient (Wildman–Crippen LogP) is 3.47. The lowest BCUT2D eigenvalue weighted by Crippen LogP contribution is -2.46. The first-order valence-electron chi connectivity index (χ1n) is 8.56. The van der Waals surface area contributed by atoms with Crippen LogP contribution >= 0.6 is 0 Å². The predicted molar refractivity (Wildman–Crippen MR) is 93.6 cm³/mol. The van der Waals surface area contributed by atoms with Crippen LogP contribution in [-0.4, -0.2) is 23.3 Å². The highest BCUT2D eigenvalue weighted by molar-refractivity contribution is 5.88. The third-order valence-corrected chi connectivity index (χ3v) is 4.66. The lowest BCUT2D eigenvalue weighted by Gasteiger charge is -2.35. The molecule has 4 nitrogen and oxygen atoms in total. The standard InChI is InChI=1S/C20H19F3N2O2/c1-13(26)25-10-9-15-6-2-3-8-17(15)18(25)19(27)24-12-14-5-4-7-16(11-14)20(21,22)23/h2-8,11,18H,9-10,12H2,1H3,(H,24,27). The van der Waals surface area contributed by atoms with E-state index in [2.05, 4.69) is 5.32 Å². The third kappa shape index (κ3) is 4.13. The molecule has 27 heavy (non-hydrogen) atoms. The van der Waals surface area contributed by atoms with E-state index in [1.807, 2.05) is 12.1 Å². The second-order valence-corrected chi connectivity index (χ2v) is 6.48. The van der Waals surface area contributed by atoms with Gasteiger partial charge in [0.05, 0.1) is 5.56 Å². The van der Waals surface area contributed by atoms with Crippen LogP contribution in [0.4, 0.5) is 13.2 Å². The van der Waals surface area contributed by atoms with Gasteiger partial charge in [0.1, 0.15) is 6.04 Å². The molecule has 0 radical (unpaired) electrons. The number of fused-ring (bicyclic) bond motifs is 1. The molecular weight excluding hydrogens is 357 g/mol. The molecule has 0 saturated heterocycles. The van der Waals surface area contributed by atoms with Crippen molar-refractivity contribution in [2.24, 2.45) is 0 Å². The lowest BCUT2D eigenvalue weighted by atomic mass is 9.92. The Labute approximate surface area is 155 Å². The topological polar surface area (TPSA) is 49.4 Å². The number of hydrogen-bond donors (Lipinski definition) is 1. The number of carbonyl (C=O) groups is 2. The highest BCUT2D eigenvalue weighted by Crippen LogP contribution is 2.31. The van der Waals surface area contributed by atoms with Gasteiger partial charge in [-0.15, -0.1) is 0 Å². The maximum atomic E-state index is 12.8. The van der Waals surface area contributed by atoms with Crippen molar-refractivity contribution in [2.45, 2.75) is 32.1 Å². The molecule has 1 aliphatic heterocycles. The molecule has 2 amide bonds. The first-order valence-corrected chi connectivity index (χ1v) is 8.56. The molecule has 2 aromatic rings. The van der Waals surface area contributed by atoms with Gasteiger partial charge in [-0.1, -0.05) is 36.4 Å². The van der Waals surface area contributed by atoms with E-state index < -0.39 is 23.7 Å². The molecular formula is C20H19F3N2O2. The smallest absolute Gasteiger partial charge is 0.350 e. The highest BCUT2D eigenvalue weighted by atomic mass is 19.4. The summed E-state index contributed by atoms with van der Waals surface area (Å²) in [5, 5.41) is 2.67. The molecule has 1 aliphatic rings. The fourth-order valence-corrected chi connectivity index (χ4v) is 3.33. The van der Waals surface area contributed by atoms with E-state index in [0.717, 1.165) is 23.3 Å². The number of alkyl halides is 3. The second kappa shape index (κ2) is 7.42. The second-order valence-electron chi connectivity index (χ2n) is 6.48. The molecule has 0 aliphatic carbocycles. The maximum absolute atomic E-state index is 12.8. The van der Waals surface area contributed by atoms with Crippen molar-refractivity contribution in [3.63, 3.8) is 0 Å². The van der Waals surface area contributed by atoms with Crippen LogP contribution in [0.5, 0.6) is 0 Å². The number of nitrogens with one attached hydrogen (secondary N) is 1. The number of halogens is 3. The summed E-state index contributed by atoms with van der Waals surface area (Å²) in [6, 6.07) is 11.4. The van der Waals surface area contributed by atoms with E-state index in [4.69, 9.17) is 0 Å². The minimum Gasteiger partial charge on any atom is -0.350 e. The Hall–Kier alpha value is -2.83. The van der Waals surface area contributed by atoms with Gasteiger partial charge in [-0.05, 0) is 35.2 Å². The summed E-state index contributed by atoms with van der Waals surface area (Å²) in [7, 11) is 0. The zero-order valence-electron chi connectivity index (χ0n) is 14.7. The van der Waals surface area contributed by atoms with Crippen molar-refractivity contribution in [3.8, 4) is 0 Å². The maximum Gasteiger partial charge on any atom is 0.416 e. The molecule has 2 aromatic carbocycles. The molecule has 1 N–H and O–H groups in total. The molecule has 1 unspecified atom stereocenters. The largest absolute Gasteiger partial charge is 0.416 e. The Kier molecular flexibility index (Phi) is 5.21. The van der Waals surface area contributed by atoms with Crippen molar-refractivity contribution in [1.29, 1.82) is 0 Å². The van der Waals surface area contributed by atoms with Crippen LogP contribution in [0, 0.1) is 0 Å². The van der Waals surface area contributed by atoms with Crippen molar-refractivity contribution >= 4 is 11.8 Å². The van der Waals surface area contributed by atoms with Crippen molar-refractivity contribution < 1.29 is 22.8 Å². The molecule has 0 saturated carbocycles. The minimum absolute atomic E-state index is 0.0484. The number of carbonyl (C=O) groups excluding carboxylic acids is 2. The monoisotopic (exact) mass is 376 g/mol. The van der Waals surface area contributed by atoms with E-state index in [0.29, 0.717) is 18.5 Å². The first kappa shape index (κ1) is 18.9. The van der Waals surface area contributed by atoms with Gasteiger partial charge in [-0.2, -0.15) is 13.2 Å². The van der Waals surface area contributed by atoms with Gasteiger partial charge in [0.2, 0.25) is 11.8 Å². The van der Waals surface area contributed by atoms with Gasteiger partial charge < -0.3 is 10.2 Å². The summed E-state index contributed by atoms with van der Waals surface area (Å²) in [6.45, 7) is 1.78. The van der Waals surface area contributed by atoms with E-state index in [1.54, 1.807) is 12.1 Å². The zero-order valence-corrected chi connectivity index (χ0v) is 14.7. The molecule has 1 heterocycles. The fraction of sp³-hybridized carbons (Fsp3) is 0.300. The molecule has 7 heteroatoms. The van der Waals surface area contributed by atoms with E-state index in [-0.39, 0.29) is 12.5 Å². The summed E-state index contributed by atoms with van der Waals surface area (Å²) in [4.78, 5) is 26.3. The van der Waals surface area contributed by atoms with Gasteiger partial charge in [0.15, 0.2) is 0 Å². The van der Waals surface area contributed by atoms with Crippen LogP contribution in [0.25, 0.3) is 0 Å². The van der Waals surface area contributed by atoms with Crippen LogP contribution in [0.15, 0.2) is 48.5 Å². The van der Waals surface area contributed by atoms with Gasteiger partial charge >= 0.3 is 6.18 Å². The van der Waals surface area contributed by atoms with Gasteiger partial charge in [-0.3, -0.25) is 9.59 Å². The van der Waals surface area contributed by atoms with Crippen LogP contribution < -0.4 is 5.32 Å². The Morgan fingerprint density at radius 2 is 1.89 bits per heavy atom. The fourth-order valence-electron chi connectivity index (χ4n) is 3.33. The third-order valence-electron chi connectivity index (χ3n) is 4.66. The quantitative estimate of drug-likeness (QED) is 0.892. The molecule has 1 atom stereocenters. The van der Waals surface area contributed by atoms with Crippen molar-refractivity contribution in [2.75, 3.05) is 6.54 Å². The van der Waals surface area contributed by atoms with Crippen LogP contribution in [0.3, 0.4) is 0 Å². The van der Waals surface area contributed by atoms with Crippen molar-refractivity contribution in [3.05, 3.63) is 70.8 Å². The first-order chi connectivity index (χ1) is 12.8. The molecule has 0 aromatic heterocycles. The Morgan fingerprint density at radius 1 is 1.15 bits per heavy atom. The van der Waals surface area contributed by atoms with Crippen molar-refractivity contribution in [1.82, 2.24) is 10.2 Å². The van der Waals surface area contributed by atoms with Crippen LogP contribution in [-0.2, 0) is 28.7 Å². The lowest BCUT2D eigenvalue weighted by molar-refractivity contribution is -0.140. The summed E-state index contributed by atoms with van der Waals surface area (Å²) in [6.07, 6.45) is -3.78. The van der Waals surface area contributed by atoms with E-state index in [9.17, 15) is 22.8 Å². The van der Waals surface area contributed by atoms with Gasteiger partial charge in [-0.25, -0.2) is 0 Å². The Morgan fingerprint density at radius 3 is 2.59 bits per heavy atom. The van der Waals surface area contributed by atoms with Gasteiger partial charge in [0, 0.05) is 20.0 Å². The average Bonchev–Trinajstić information content (AvgIpc) is 2.64. The number of amides is 2.